The molecule has 4 heteroatoms. The molecule has 0 heterocycles. The topological polar surface area (TPSA) is 44.8 Å². The average Bonchev–Trinajstić information content (AvgIpc) is 3.02. The molecule has 0 spiro atoms. The fourth-order valence-corrected chi connectivity index (χ4v) is 5.14. The van der Waals surface area contributed by atoms with Gasteiger partial charge in [-0.3, -0.25) is 4.79 Å². The van der Waals surface area contributed by atoms with Crippen LogP contribution in [0.2, 0.25) is 0 Å². The zero-order valence-electron chi connectivity index (χ0n) is 25.4. The van der Waals surface area contributed by atoms with Crippen LogP contribution in [0.1, 0.15) is 61.7 Å². The summed E-state index contributed by atoms with van der Waals surface area (Å²) in [4.78, 5) is 12.2. The Hall–Kier alpha value is -4.83. The molecule has 0 aliphatic heterocycles. The highest BCUT2D eigenvalue weighted by atomic mass is 16.5. The van der Waals surface area contributed by atoms with Crippen molar-refractivity contribution in [2.45, 2.75) is 46.1 Å². The molecule has 0 bridgehead atoms. The average molecular weight is 571 g/mol. The molecule has 5 aromatic carbocycles. The van der Waals surface area contributed by atoms with Gasteiger partial charge in [-0.1, -0.05) is 68.4 Å². The van der Waals surface area contributed by atoms with Gasteiger partial charge in [0.25, 0.3) is 0 Å². The van der Waals surface area contributed by atoms with E-state index in [0.29, 0.717) is 22.8 Å². The molecule has 0 amide bonds. The van der Waals surface area contributed by atoms with Gasteiger partial charge in [0.1, 0.15) is 28.7 Å². The molecule has 0 aliphatic rings. The maximum Gasteiger partial charge on any atom is 0.165 e. The Labute approximate surface area is 254 Å². The van der Waals surface area contributed by atoms with Gasteiger partial charge in [0.15, 0.2) is 5.78 Å². The molecule has 0 fully saturated rings. The Balaban J connectivity index is 1.30. The third-order valence-electron chi connectivity index (χ3n) is 7.54. The Morgan fingerprint density at radius 2 is 0.884 bits per heavy atom. The van der Waals surface area contributed by atoms with Gasteiger partial charge in [0.2, 0.25) is 0 Å². The van der Waals surface area contributed by atoms with Crippen LogP contribution in [0.4, 0.5) is 0 Å². The maximum atomic E-state index is 12.2. The molecule has 0 saturated carbocycles. The van der Waals surface area contributed by atoms with E-state index in [4.69, 9.17) is 14.2 Å². The zero-order valence-corrected chi connectivity index (χ0v) is 25.4. The van der Waals surface area contributed by atoms with E-state index in [9.17, 15) is 4.79 Å². The van der Waals surface area contributed by atoms with Crippen LogP contribution >= 0.6 is 0 Å². The van der Waals surface area contributed by atoms with Crippen LogP contribution in [0.5, 0.6) is 28.7 Å². The standard InChI is InChI=1S/C39H38O4/c1-27(2)38(40)29-11-17-34(18-12-29)42-36-23-25-37(26-24-36)43-35-21-15-32(16-22-35)39(5,30-9-7-6-8-10-30)31-13-19-33(20-14-31)41-28(3)4/h6-28H,1-5H3. The minimum Gasteiger partial charge on any atom is -0.491 e. The smallest absolute Gasteiger partial charge is 0.165 e. The summed E-state index contributed by atoms with van der Waals surface area (Å²) in [7, 11) is 0. The number of rotatable bonds is 11. The molecule has 43 heavy (non-hydrogen) atoms. The third-order valence-corrected chi connectivity index (χ3v) is 7.54. The first-order valence-electron chi connectivity index (χ1n) is 14.8. The molecule has 0 aromatic heterocycles. The summed E-state index contributed by atoms with van der Waals surface area (Å²) >= 11 is 0. The minimum absolute atomic E-state index is 0.0359. The zero-order chi connectivity index (χ0) is 30.4. The summed E-state index contributed by atoms with van der Waals surface area (Å²) < 4.78 is 18.0. The lowest BCUT2D eigenvalue weighted by Crippen LogP contribution is -2.25. The monoisotopic (exact) mass is 570 g/mol. The number of ketones is 1. The number of Topliss-reactive ketones (excluding diaryl/α,β-unsaturated/α-hetero) is 1. The first-order chi connectivity index (χ1) is 20.7. The Bertz CT molecular complexity index is 1620. The largest absolute Gasteiger partial charge is 0.491 e. The van der Waals surface area contributed by atoms with Crippen molar-refractivity contribution < 1.29 is 19.0 Å². The highest BCUT2D eigenvalue weighted by Crippen LogP contribution is 2.40. The summed E-state index contributed by atoms with van der Waals surface area (Å²) in [5.74, 6) is 3.78. The van der Waals surface area contributed by atoms with Gasteiger partial charge in [-0.25, -0.2) is 0 Å². The van der Waals surface area contributed by atoms with Gasteiger partial charge >= 0.3 is 0 Å². The number of carbonyl (C=O) groups excluding carboxylic acids is 1. The first-order valence-corrected chi connectivity index (χ1v) is 14.8. The molecule has 0 aliphatic carbocycles. The van der Waals surface area contributed by atoms with E-state index < -0.39 is 0 Å². The van der Waals surface area contributed by atoms with Crippen molar-refractivity contribution in [2.24, 2.45) is 5.92 Å². The molecule has 218 valence electrons. The van der Waals surface area contributed by atoms with Gasteiger partial charge in [0.05, 0.1) is 6.10 Å². The second-order valence-corrected chi connectivity index (χ2v) is 11.4. The van der Waals surface area contributed by atoms with E-state index in [1.165, 1.54) is 11.1 Å². The van der Waals surface area contributed by atoms with Gasteiger partial charge in [-0.15, -0.1) is 0 Å². The van der Waals surface area contributed by atoms with Crippen LogP contribution in [0.3, 0.4) is 0 Å². The van der Waals surface area contributed by atoms with Crippen molar-refractivity contribution in [3.8, 4) is 28.7 Å². The van der Waals surface area contributed by atoms with E-state index >= 15 is 0 Å². The van der Waals surface area contributed by atoms with Crippen molar-refractivity contribution in [3.05, 3.63) is 150 Å². The molecule has 5 aromatic rings. The van der Waals surface area contributed by atoms with E-state index in [1.807, 2.05) is 94.4 Å². The Kier molecular flexibility index (Phi) is 8.96. The van der Waals surface area contributed by atoms with Crippen molar-refractivity contribution in [1.82, 2.24) is 0 Å². The predicted molar refractivity (Wildman–Crippen MR) is 173 cm³/mol. The highest BCUT2D eigenvalue weighted by molar-refractivity contribution is 5.97. The lowest BCUT2D eigenvalue weighted by Gasteiger charge is -2.32. The van der Waals surface area contributed by atoms with Crippen LogP contribution in [0.15, 0.2) is 127 Å². The molecular formula is C39H38O4. The van der Waals surface area contributed by atoms with E-state index in [2.05, 4.69) is 55.5 Å². The normalized spacial score (nSPS) is 12.5. The lowest BCUT2D eigenvalue weighted by molar-refractivity contribution is 0.0939. The summed E-state index contributed by atoms with van der Waals surface area (Å²) in [6.07, 6.45) is 0.127. The van der Waals surface area contributed by atoms with E-state index in [-0.39, 0.29) is 23.2 Å². The van der Waals surface area contributed by atoms with Crippen molar-refractivity contribution in [3.63, 3.8) is 0 Å². The quantitative estimate of drug-likeness (QED) is 0.117. The minimum atomic E-state index is -0.366. The molecule has 5 rings (SSSR count). The molecule has 0 N–H and O–H groups in total. The summed E-state index contributed by atoms with van der Waals surface area (Å²) in [5, 5.41) is 0. The number of ether oxygens (including phenoxy) is 3. The second-order valence-electron chi connectivity index (χ2n) is 11.4. The van der Waals surface area contributed by atoms with Crippen LogP contribution in [0.25, 0.3) is 0 Å². The number of hydrogen-bond acceptors (Lipinski definition) is 4. The van der Waals surface area contributed by atoms with Gasteiger partial charge < -0.3 is 14.2 Å². The molecule has 0 radical (unpaired) electrons. The molecule has 4 nitrogen and oxygen atoms in total. The second kappa shape index (κ2) is 13.0. The summed E-state index contributed by atoms with van der Waals surface area (Å²) in [6.45, 7) is 10.1. The predicted octanol–water partition coefficient (Wildman–Crippen LogP) is 10.3. The molecule has 0 saturated heterocycles. The van der Waals surface area contributed by atoms with Crippen molar-refractivity contribution in [2.75, 3.05) is 0 Å². The molecule has 1 atom stereocenters. The highest BCUT2D eigenvalue weighted by Gasteiger charge is 2.31. The van der Waals surface area contributed by atoms with Crippen LogP contribution in [-0.2, 0) is 5.41 Å². The van der Waals surface area contributed by atoms with Crippen molar-refractivity contribution >= 4 is 5.78 Å². The first kappa shape index (κ1) is 29.7. The van der Waals surface area contributed by atoms with Gasteiger partial charge in [0, 0.05) is 16.9 Å². The summed E-state index contributed by atoms with van der Waals surface area (Å²) in [6, 6.07) is 42.0. The lowest BCUT2D eigenvalue weighted by atomic mass is 9.71. The Morgan fingerprint density at radius 3 is 1.30 bits per heavy atom. The van der Waals surface area contributed by atoms with E-state index in [0.717, 1.165) is 17.1 Å². The molecule has 1 unspecified atom stereocenters. The van der Waals surface area contributed by atoms with E-state index in [1.54, 1.807) is 12.1 Å². The van der Waals surface area contributed by atoms with Crippen molar-refractivity contribution in [1.29, 1.82) is 0 Å². The van der Waals surface area contributed by atoms with Gasteiger partial charge in [-0.05, 0) is 110 Å². The number of hydrogen-bond donors (Lipinski definition) is 0. The fraction of sp³-hybridized carbons (Fsp3) is 0.205. The maximum absolute atomic E-state index is 12.2. The van der Waals surface area contributed by atoms with Gasteiger partial charge in [-0.2, -0.15) is 0 Å². The van der Waals surface area contributed by atoms with Crippen LogP contribution in [0, 0.1) is 5.92 Å². The fourth-order valence-electron chi connectivity index (χ4n) is 5.14. The number of carbonyl (C=O) groups is 1. The summed E-state index contributed by atoms with van der Waals surface area (Å²) in [5.41, 5.74) is 3.87. The SMILES string of the molecule is CC(C)Oc1ccc(C(C)(c2ccccc2)c2ccc(Oc3ccc(Oc4ccc(C(=O)C(C)C)cc4)cc3)cc2)cc1. The third kappa shape index (κ3) is 6.98. The van der Waals surface area contributed by atoms with Crippen LogP contribution < -0.4 is 14.2 Å². The number of benzene rings is 5. The Morgan fingerprint density at radius 1 is 0.512 bits per heavy atom. The molecular weight excluding hydrogens is 532 g/mol. The van der Waals surface area contributed by atoms with Crippen LogP contribution in [-0.4, -0.2) is 11.9 Å².